The van der Waals surface area contributed by atoms with Crippen LogP contribution in [0.15, 0.2) is 24.4 Å². The van der Waals surface area contributed by atoms with Crippen LogP contribution < -0.4 is 0 Å². The molecule has 0 saturated heterocycles. The average Bonchev–Trinajstić information content (AvgIpc) is 2.15. The maximum atomic E-state index is 6.17. The van der Waals surface area contributed by atoms with Crippen molar-refractivity contribution in [1.29, 1.82) is 0 Å². The van der Waals surface area contributed by atoms with E-state index in [-0.39, 0.29) is 17.1 Å². The Kier molecular flexibility index (Phi) is 4.31. The highest BCUT2D eigenvalue weighted by molar-refractivity contribution is 5.05. The van der Waals surface area contributed by atoms with E-state index in [2.05, 4.69) is 52.6 Å². The zero-order valence-corrected chi connectivity index (χ0v) is 11.9. The first kappa shape index (κ1) is 14.2. The van der Waals surface area contributed by atoms with Gasteiger partial charge in [0.1, 0.15) is 0 Å². The van der Waals surface area contributed by atoms with Crippen molar-refractivity contribution in [3.05, 3.63) is 30.1 Å². The second-order valence-electron chi connectivity index (χ2n) is 6.61. The molecule has 0 N–H and O–H groups in total. The van der Waals surface area contributed by atoms with Gasteiger partial charge in [0.25, 0.3) is 0 Å². The highest BCUT2D eigenvalue weighted by Gasteiger charge is 2.30. The summed E-state index contributed by atoms with van der Waals surface area (Å²) < 4.78 is 6.17. The van der Waals surface area contributed by atoms with Gasteiger partial charge in [-0.2, -0.15) is 0 Å². The van der Waals surface area contributed by atoms with E-state index in [0.717, 1.165) is 12.1 Å². The van der Waals surface area contributed by atoms with Gasteiger partial charge in [0.15, 0.2) is 0 Å². The van der Waals surface area contributed by atoms with Crippen LogP contribution in [0.25, 0.3) is 0 Å². The van der Waals surface area contributed by atoms with Crippen LogP contribution in [0.3, 0.4) is 0 Å². The summed E-state index contributed by atoms with van der Waals surface area (Å²) in [5.74, 6) is 0. The van der Waals surface area contributed by atoms with E-state index in [1.165, 1.54) is 0 Å². The summed E-state index contributed by atoms with van der Waals surface area (Å²) >= 11 is 0. The first-order valence-electron chi connectivity index (χ1n) is 6.26. The Hall–Kier alpha value is -0.890. The predicted molar refractivity (Wildman–Crippen MR) is 72.0 cm³/mol. The fourth-order valence-electron chi connectivity index (χ4n) is 1.66. The zero-order chi connectivity index (χ0) is 13.1. The van der Waals surface area contributed by atoms with Crippen molar-refractivity contribution >= 4 is 0 Å². The monoisotopic (exact) mass is 235 g/mol. The highest BCUT2D eigenvalue weighted by Crippen LogP contribution is 2.28. The van der Waals surface area contributed by atoms with Crippen LogP contribution in [0.4, 0.5) is 0 Å². The molecule has 0 spiro atoms. The molecule has 0 aromatic carbocycles. The fraction of sp³-hybridized carbons (Fsp3) is 0.667. The minimum Gasteiger partial charge on any atom is -0.372 e. The second-order valence-corrected chi connectivity index (χ2v) is 6.61. The molecule has 17 heavy (non-hydrogen) atoms. The third-order valence-corrected chi connectivity index (χ3v) is 2.58. The minimum atomic E-state index is -0.118. The third-order valence-electron chi connectivity index (χ3n) is 2.58. The topological polar surface area (TPSA) is 22.1 Å². The minimum absolute atomic E-state index is 0.116. The largest absolute Gasteiger partial charge is 0.372 e. The van der Waals surface area contributed by atoms with Crippen LogP contribution in [0, 0.1) is 5.41 Å². The van der Waals surface area contributed by atoms with E-state index in [4.69, 9.17) is 4.74 Å². The summed E-state index contributed by atoms with van der Waals surface area (Å²) in [5, 5.41) is 0. The van der Waals surface area contributed by atoms with Crippen LogP contribution in [0.2, 0.25) is 0 Å². The number of hydrogen-bond acceptors (Lipinski definition) is 2. The molecule has 1 aromatic heterocycles. The van der Waals surface area contributed by atoms with Crippen molar-refractivity contribution in [2.45, 2.75) is 59.7 Å². The molecule has 0 aliphatic heterocycles. The van der Waals surface area contributed by atoms with Gasteiger partial charge in [-0.3, -0.25) is 4.98 Å². The maximum absolute atomic E-state index is 6.17. The van der Waals surface area contributed by atoms with E-state index in [1.807, 2.05) is 18.3 Å². The molecule has 0 saturated carbocycles. The summed E-state index contributed by atoms with van der Waals surface area (Å²) in [6.45, 7) is 12.9. The van der Waals surface area contributed by atoms with E-state index >= 15 is 0 Å². The molecule has 96 valence electrons. The van der Waals surface area contributed by atoms with E-state index in [0.29, 0.717) is 0 Å². The summed E-state index contributed by atoms with van der Waals surface area (Å²) in [7, 11) is 0. The molecule has 0 aliphatic carbocycles. The zero-order valence-electron chi connectivity index (χ0n) is 11.9. The SMILES string of the molecule is CC(C)(C)OC(Cc1ccccn1)C(C)(C)C. The lowest BCUT2D eigenvalue weighted by molar-refractivity contribution is -0.104. The van der Waals surface area contributed by atoms with Crippen LogP contribution in [0.1, 0.15) is 47.2 Å². The summed E-state index contributed by atoms with van der Waals surface area (Å²) in [6.07, 6.45) is 2.88. The number of hydrogen-bond donors (Lipinski definition) is 0. The molecule has 0 radical (unpaired) electrons. The molecule has 0 aliphatic rings. The quantitative estimate of drug-likeness (QED) is 0.793. The Labute approximate surface area is 105 Å². The van der Waals surface area contributed by atoms with Crippen LogP contribution in [-0.4, -0.2) is 16.7 Å². The van der Waals surface area contributed by atoms with Gasteiger partial charge in [-0.05, 0) is 38.3 Å². The van der Waals surface area contributed by atoms with Crippen molar-refractivity contribution < 1.29 is 4.74 Å². The van der Waals surface area contributed by atoms with Crippen LogP contribution in [-0.2, 0) is 11.2 Å². The summed E-state index contributed by atoms with van der Waals surface area (Å²) in [4.78, 5) is 4.38. The van der Waals surface area contributed by atoms with Crippen molar-refractivity contribution in [2.75, 3.05) is 0 Å². The second kappa shape index (κ2) is 5.18. The number of pyridine rings is 1. The molecule has 2 nitrogen and oxygen atoms in total. The Bertz CT molecular complexity index is 332. The number of nitrogens with zero attached hydrogens (tertiary/aromatic N) is 1. The smallest absolute Gasteiger partial charge is 0.0685 e. The number of ether oxygens (including phenoxy) is 1. The van der Waals surface area contributed by atoms with Gasteiger partial charge < -0.3 is 4.74 Å². The van der Waals surface area contributed by atoms with Gasteiger partial charge in [0.2, 0.25) is 0 Å². The summed E-state index contributed by atoms with van der Waals surface area (Å²) in [5.41, 5.74) is 1.09. The van der Waals surface area contributed by atoms with Gasteiger partial charge in [0, 0.05) is 18.3 Å². The lowest BCUT2D eigenvalue weighted by Gasteiger charge is -2.36. The van der Waals surface area contributed by atoms with Gasteiger partial charge in [0.05, 0.1) is 11.7 Å². The first-order valence-corrected chi connectivity index (χ1v) is 6.26. The molecule has 1 unspecified atom stereocenters. The van der Waals surface area contributed by atoms with Crippen molar-refractivity contribution in [3.8, 4) is 0 Å². The van der Waals surface area contributed by atoms with Crippen molar-refractivity contribution in [1.82, 2.24) is 4.98 Å². The fourth-order valence-corrected chi connectivity index (χ4v) is 1.66. The molecule has 1 rings (SSSR count). The summed E-state index contributed by atoms with van der Waals surface area (Å²) in [6, 6.07) is 6.03. The Balaban J connectivity index is 2.79. The van der Waals surface area contributed by atoms with Gasteiger partial charge in [-0.1, -0.05) is 26.8 Å². The van der Waals surface area contributed by atoms with Gasteiger partial charge >= 0.3 is 0 Å². The molecule has 2 heteroatoms. The molecular weight excluding hydrogens is 210 g/mol. The Morgan fingerprint density at radius 3 is 2.18 bits per heavy atom. The molecule has 0 amide bonds. The lowest BCUT2D eigenvalue weighted by atomic mass is 9.85. The maximum Gasteiger partial charge on any atom is 0.0685 e. The third kappa shape index (κ3) is 5.31. The van der Waals surface area contributed by atoms with E-state index in [1.54, 1.807) is 0 Å². The first-order chi connectivity index (χ1) is 7.68. The van der Waals surface area contributed by atoms with Gasteiger partial charge in [-0.25, -0.2) is 0 Å². The average molecular weight is 235 g/mol. The molecule has 1 aromatic rings. The molecule has 1 atom stereocenters. The van der Waals surface area contributed by atoms with Gasteiger partial charge in [-0.15, -0.1) is 0 Å². The van der Waals surface area contributed by atoms with Crippen LogP contribution >= 0.6 is 0 Å². The standard InChI is InChI=1S/C15H25NO/c1-14(2,3)13(17-15(4,5)6)11-12-9-7-8-10-16-12/h7-10,13H,11H2,1-6H3. The molecule has 0 fully saturated rings. The number of aromatic nitrogens is 1. The lowest BCUT2D eigenvalue weighted by Crippen LogP contribution is -2.38. The molecular formula is C15H25NO. The van der Waals surface area contributed by atoms with Crippen molar-refractivity contribution in [2.24, 2.45) is 5.41 Å². The van der Waals surface area contributed by atoms with E-state index < -0.39 is 0 Å². The normalized spacial score (nSPS) is 14.7. The molecule has 0 bridgehead atoms. The van der Waals surface area contributed by atoms with Crippen molar-refractivity contribution in [3.63, 3.8) is 0 Å². The Morgan fingerprint density at radius 2 is 1.76 bits per heavy atom. The number of rotatable bonds is 3. The van der Waals surface area contributed by atoms with E-state index in [9.17, 15) is 0 Å². The van der Waals surface area contributed by atoms with Crippen LogP contribution in [0.5, 0.6) is 0 Å². The predicted octanol–water partition coefficient (Wildman–Crippen LogP) is 3.85. The Morgan fingerprint density at radius 1 is 1.12 bits per heavy atom. The molecule has 1 heterocycles. The highest BCUT2D eigenvalue weighted by atomic mass is 16.5.